The van der Waals surface area contributed by atoms with Gasteiger partial charge in [-0.1, -0.05) is 24.2 Å². The van der Waals surface area contributed by atoms with E-state index in [9.17, 15) is 14.3 Å². The molecule has 2 bridgehead atoms. The van der Waals surface area contributed by atoms with Gasteiger partial charge in [-0.2, -0.15) is 9.97 Å². The Kier molecular flexibility index (Phi) is 6.54. The molecule has 0 spiro atoms. The first-order valence-corrected chi connectivity index (χ1v) is 15.9. The number of anilines is 1. The number of rotatable bonds is 7. The van der Waals surface area contributed by atoms with Gasteiger partial charge in [0.25, 0.3) is 0 Å². The molecule has 1 amide bonds. The number of halogens is 3. The summed E-state index contributed by atoms with van der Waals surface area (Å²) in [6, 6.07) is 6.66. The van der Waals surface area contributed by atoms with Gasteiger partial charge in [0, 0.05) is 42.0 Å². The Bertz CT molecular complexity index is 1700. The molecule has 5 aliphatic rings. The molecule has 44 heavy (non-hydrogen) atoms. The lowest BCUT2D eigenvalue weighted by molar-refractivity contribution is -0.127. The Hall–Kier alpha value is -3.50. The zero-order valence-electron chi connectivity index (χ0n) is 24.3. The average molecular weight is 622 g/mol. The van der Waals surface area contributed by atoms with Gasteiger partial charge in [-0.15, -0.1) is 0 Å². The maximum atomic E-state index is 16.7. The third kappa shape index (κ3) is 4.43. The molecule has 1 N–H and O–H groups in total. The zero-order valence-corrected chi connectivity index (χ0v) is 25.1. The first kappa shape index (κ1) is 28.0. The topological polar surface area (TPSA) is 82.0 Å². The van der Waals surface area contributed by atoms with E-state index in [0.717, 1.165) is 44.2 Å². The molecule has 5 fully saturated rings. The molecule has 1 saturated carbocycles. The molecule has 1 aliphatic carbocycles. The smallest absolute Gasteiger partial charge is 0.319 e. The molecule has 1 aromatic heterocycles. The van der Waals surface area contributed by atoms with Crippen LogP contribution in [-0.2, 0) is 4.79 Å². The summed E-state index contributed by atoms with van der Waals surface area (Å²) in [7, 11) is 0. The van der Waals surface area contributed by atoms with Crippen molar-refractivity contribution in [2.24, 2.45) is 0 Å². The number of piperazine rings is 1. The maximum absolute atomic E-state index is 16.7. The van der Waals surface area contributed by atoms with Crippen molar-refractivity contribution in [3.63, 3.8) is 0 Å². The summed E-state index contributed by atoms with van der Waals surface area (Å²) < 4.78 is 37.4. The molecule has 4 saturated heterocycles. The van der Waals surface area contributed by atoms with E-state index in [2.05, 4.69) is 21.4 Å². The van der Waals surface area contributed by atoms with E-state index < -0.39 is 17.5 Å². The molecule has 11 heteroatoms. The fourth-order valence-corrected chi connectivity index (χ4v) is 8.56. The number of aromatic nitrogens is 2. The number of carbonyl (C=O) groups excluding carboxylic acids is 1. The van der Waals surface area contributed by atoms with Crippen molar-refractivity contribution in [1.82, 2.24) is 19.8 Å². The number of hydrogen-bond donors (Lipinski definition) is 1. The van der Waals surface area contributed by atoms with Crippen molar-refractivity contribution in [2.45, 2.75) is 68.2 Å². The lowest BCUT2D eigenvalue weighted by Gasteiger charge is -2.35. The third-order valence-corrected chi connectivity index (χ3v) is 10.7. The van der Waals surface area contributed by atoms with Crippen LogP contribution in [0.3, 0.4) is 0 Å². The molecule has 4 atom stereocenters. The minimum Gasteiger partial charge on any atom is -0.508 e. The fraction of sp³-hybridized carbons (Fsp3) is 0.485. The highest BCUT2D eigenvalue weighted by atomic mass is 35.5. The van der Waals surface area contributed by atoms with Gasteiger partial charge in [0.05, 0.1) is 17.6 Å². The highest BCUT2D eigenvalue weighted by Crippen LogP contribution is 2.50. The van der Waals surface area contributed by atoms with Crippen molar-refractivity contribution >= 4 is 34.2 Å². The number of hydrogen-bond acceptors (Lipinski definition) is 7. The molecule has 0 radical (unpaired) electrons. The fourth-order valence-electron chi connectivity index (χ4n) is 8.19. The van der Waals surface area contributed by atoms with Gasteiger partial charge in [0.15, 0.2) is 5.82 Å². The second-order valence-corrected chi connectivity index (χ2v) is 13.5. The normalized spacial score (nSPS) is 27.8. The van der Waals surface area contributed by atoms with Gasteiger partial charge < -0.3 is 19.6 Å². The average Bonchev–Trinajstić information content (AvgIpc) is 3.29. The van der Waals surface area contributed by atoms with Gasteiger partial charge in [-0.3, -0.25) is 9.69 Å². The highest BCUT2D eigenvalue weighted by Gasteiger charge is 2.50. The second kappa shape index (κ2) is 10.3. The van der Waals surface area contributed by atoms with Gasteiger partial charge in [0.2, 0.25) is 5.91 Å². The van der Waals surface area contributed by atoms with Crippen LogP contribution < -0.4 is 9.64 Å². The Morgan fingerprint density at radius 2 is 2.02 bits per heavy atom. The number of nitrogens with zero attached hydrogens (tertiary/aromatic N) is 5. The van der Waals surface area contributed by atoms with Crippen LogP contribution in [0.25, 0.3) is 22.0 Å². The number of amides is 1. The summed E-state index contributed by atoms with van der Waals surface area (Å²) in [6.45, 7) is 6.17. The number of carbonyl (C=O) groups is 1. The van der Waals surface area contributed by atoms with Crippen LogP contribution in [0.2, 0.25) is 5.02 Å². The zero-order chi connectivity index (χ0) is 30.3. The largest absolute Gasteiger partial charge is 0.508 e. The van der Waals surface area contributed by atoms with Gasteiger partial charge in [-0.05, 0) is 80.0 Å². The van der Waals surface area contributed by atoms with Crippen molar-refractivity contribution in [3.05, 3.63) is 53.3 Å². The molecular formula is C33H34ClF2N5O3. The summed E-state index contributed by atoms with van der Waals surface area (Å²) in [6.07, 6.45) is 5.34. The van der Waals surface area contributed by atoms with E-state index >= 15 is 4.39 Å². The van der Waals surface area contributed by atoms with E-state index in [1.54, 1.807) is 12.1 Å². The lowest BCUT2D eigenvalue weighted by Crippen LogP contribution is -2.48. The minimum absolute atomic E-state index is 0.00505. The van der Waals surface area contributed by atoms with Gasteiger partial charge in [0.1, 0.15) is 29.9 Å². The molecule has 3 aromatic rings. The molecule has 8 rings (SSSR count). The highest BCUT2D eigenvalue weighted by molar-refractivity contribution is 6.32. The van der Waals surface area contributed by atoms with E-state index in [-0.39, 0.29) is 47.8 Å². The van der Waals surface area contributed by atoms with Crippen LogP contribution in [0.4, 0.5) is 14.6 Å². The number of likely N-dealkylation sites (tertiary alicyclic amines) is 1. The number of fused-ring (bicyclic) bond motifs is 4. The van der Waals surface area contributed by atoms with E-state index in [0.29, 0.717) is 53.4 Å². The molecule has 4 aliphatic heterocycles. The predicted molar refractivity (Wildman–Crippen MR) is 164 cm³/mol. The summed E-state index contributed by atoms with van der Waals surface area (Å²) in [5, 5.41) is 11.4. The summed E-state index contributed by atoms with van der Waals surface area (Å²) in [4.78, 5) is 28.0. The summed E-state index contributed by atoms with van der Waals surface area (Å²) in [5.74, 6) is 0.104. The monoisotopic (exact) mass is 621 g/mol. The van der Waals surface area contributed by atoms with Crippen molar-refractivity contribution in [3.8, 4) is 22.9 Å². The maximum Gasteiger partial charge on any atom is 0.319 e. The molecule has 1 unspecified atom stereocenters. The first-order valence-electron chi connectivity index (χ1n) is 15.5. The summed E-state index contributed by atoms with van der Waals surface area (Å²) >= 11 is 6.57. The SMILES string of the molecule is C=CC(=O)N1C[C@H]2C[C@@H]1CN2c1nc(OCC23CCCN2C[C@H](F)C3)nc2c(F)c(-c3cc(O)cc(Cl)c3C3CC3)ccc12. The molecular weight excluding hydrogens is 588 g/mol. The van der Waals surface area contributed by atoms with Crippen LogP contribution in [0, 0.1) is 5.82 Å². The molecule has 2 aromatic carbocycles. The molecule has 8 nitrogen and oxygen atoms in total. The van der Waals surface area contributed by atoms with E-state index in [4.69, 9.17) is 21.3 Å². The lowest BCUT2D eigenvalue weighted by atomic mass is 9.94. The standard InChI is InChI=1S/C33H34ClF2N5O3/c1-2-27(43)40-15-21-10-20(40)16-41(21)31-24-7-6-23(25-11-22(42)12-26(34)28(25)18-4-5-18)29(36)30(24)37-32(38-31)44-17-33-8-3-9-39(33)14-19(35)13-33/h2,6-7,11-12,18-21,42H,1,3-5,8-10,13-17H2/t19-,20-,21-,33?/m1/s1. The Labute approximate surface area is 259 Å². The number of phenols is 1. The minimum atomic E-state index is -0.900. The number of aromatic hydroxyl groups is 1. The Balaban J connectivity index is 1.22. The van der Waals surface area contributed by atoms with Crippen LogP contribution in [0.15, 0.2) is 36.9 Å². The van der Waals surface area contributed by atoms with Crippen molar-refractivity contribution in [2.75, 3.05) is 37.7 Å². The predicted octanol–water partition coefficient (Wildman–Crippen LogP) is 5.60. The first-order chi connectivity index (χ1) is 21.2. The van der Waals surface area contributed by atoms with Crippen molar-refractivity contribution in [1.29, 1.82) is 0 Å². The van der Waals surface area contributed by atoms with E-state index in [1.165, 1.54) is 12.1 Å². The number of ether oxygens (including phenoxy) is 1. The Morgan fingerprint density at radius 3 is 2.77 bits per heavy atom. The van der Waals surface area contributed by atoms with Crippen LogP contribution in [0.5, 0.6) is 11.8 Å². The van der Waals surface area contributed by atoms with Crippen LogP contribution >= 0.6 is 11.6 Å². The number of alkyl halides is 1. The van der Waals surface area contributed by atoms with E-state index in [1.807, 2.05) is 11.0 Å². The van der Waals surface area contributed by atoms with Crippen molar-refractivity contribution < 1.29 is 23.4 Å². The van der Waals surface area contributed by atoms with Gasteiger partial charge >= 0.3 is 6.01 Å². The quantitative estimate of drug-likeness (QED) is 0.344. The summed E-state index contributed by atoms with van der Waals surface area (Å²) in [5.41, 5.74) is 1.39. The third-order valence-electron chi connectivity index (χ3n) is 10.4. The Morgan fingerprint density at radius 1 is 1.18 bits per heavy atom. The molecule has 5 heterocycles. The van der Waals surface area contributed by atoms with Crippen LogP contribution in [0.1, 0.15) is 50.0 Å². The molecule has 230 valence electrons. The number of phenolic OH excluding ortho intramolecular Hbond substituents is 1. The van der Waals surface area contributed by atoms with Gasteiger partial charge in [-0.25, -0.2) is 8.78 Å². The number of benzene rings is 2. The second-order valence-electron chi connectivity index (χ2n) is 13.1. The van der Waals surface area contributed by atoms with Crippen LogP contribution in [-0.4, -0.2) is 87.4 Å².